The van der Waals surface area contributed by atoms with E-state index in [0.717, 1.165) is 5.56 Å². The fourth-order valence-corrected chi connectivity index (χ4v) is 5.27. The maximum absolute atomic E-state index is 14.1. The fourth-order valence-electron chi connectivity index (χ4n) is 5.10. The number of likely N-dealkylation sites (N-methyl/N-ethyl adjacent to an activating group) is 1. The largest absolute Gasteiger partial charge is 0.496 e. The van der Waals surface area contributed by atoms with Crippen molar-refractivity contribution in [1.82, 2.24) is 9.80 Å². The molecule has 1 unspecified atom stereocenters. The molecule has 0 saturated carbocycles. The molecule has 2 aliphatic rings. The Kier molecular flexibility index (Phi) is 6.71. The van der Waals surface area contributed by atoms with Crippen LogP contribution in [0.25, 0.3) is 0 Å². The molecule has 0 bridgehead atoms. The zero-order valence-corrected chi connectivity index (χ0v) is 20.7. The summed E-state index contributed by atoms with van der Waals surface area (Å²) in [7, 11) is 5.02. The first-order valence-corrected chi connectivity index (χ1v) is 11.6. The molecule has 2 heterocycles. The summed E-state index contributed by atoms with van der Waals surface area (Å²) >= 11 is 6.44. The average molecular weight is 484 g/mol. The molecule has 0 spiro atoms. The van der Waals surface area contributed by atoms with Crippen LogP contribution in [-0.2, 0) is 19.9 Å². The molecule has 1 N–H and O–H groups in total. The van der Waals surface area contributed by atoms with Crippen molar-refractivity contribution in [2.24, 2.45) is 0 Å². The van der Waals surface area contributed by atoms with E-state index < -0.39 is 11.6 Å². The minimum Gasteiger partial charge on any atom is -0.496 e. The van der Waals surface area contributed by atoms with E-state index in [2.05, 4.69) is 11.9 Å². The molecular formula is C26H30ClN3O4. The van der Waals surface area contributed by atoms with Crippen LogP contribution in [0.4, 0.5) is 5.69 Å². The molecule has 2 aromatic carbocycles. The monoisotopic (exact) mass is 483 g/mol. The number of aryl methyl sites for hydroxylation is 1. The maximum Gasteiger partial charge on any atom is 0.254 e. The van der Waals surface area contributed by atoms with Crippen LogP contribution < -0.4 is 10.1 Å². The number of ether oxygens (including phenoxy) is 2. The van der Waals surface area contributed by atoms with Crippen LogP contribution in [0.3, 0.4) is 0 Å². The van der Waals surface area contributed by atoms with Crippen molar-refractivity contribution in [3.05, 3.63) is 70.8 Å². The number of anilines is 1. The highest BCUT2D eigenvalue weighted by atomic mass is 35.5. The van der Waals surface area contributed by atoms with Crippen molar-refractivity contribution in [1.29, 1.82) is 0 Å². The second-order valence-corrected chi connectivity index (χ2v) is 9.38. The van der Waals surface area contributed by atoms with Gasteiger partial charge in [0, 0.05) is 42.5 Å². The standard InChI is InChI=1S/C26H30ClN3O4/c1-6-11-34-18-14-22(24(31)29(3)4)30(15-18)26(20-12-16(2)7-10-23(20)33-5)19-13-17(27)8-9-21(19)28-25(26)32/h6-10,12-13,18,22H,1,11,14-15H2,2-5H3,(H,28,32)/t18-,22+,26?/m1/s1. The third-order valence-corrected chi connectivity index (χ3v) is 6.80. The zero-order chi connectivity index (χ0) is 24.6. The Hall–Kier alpha value is -2.87. The fraction of sp³-hybridized carbons (Fsp3) is 0.385. The Morgan fingerprint density at radius 2 is 2.06 bits per heavy atom. The molecule has 4 rings (SSSR count). The minimum atomic E-state index is -1.33. The Labute approximate surface area is 205 Å². The van der Waals surface area contributed by atoms with Gasteiger partial charge in [0.05, 0.1) is 25.9 Å². The summed E-state index contributed by atoms with van der Waals surface area (Å²) in [5, 5.41) is 3.53. The minimum absolute atomic E-state index is 0.0982. The highest BCUT2D eigenvalue weighted by molar-refractivity contribution is 6.31. The van der Waals surface area contributed by atoms with E-state index in [1.165, 1.54) is 0 Å². The Balaban J connectivity index is 2.00. The molecule has 7 nitrogen and oxygen atoms in total. The third kappa shape index (κ3) is 3.87. The van der Waals surface area contributed by atoms with Crippen molar-refractivity contribution >= 4 is 29.1 Å². The molecule has 2 aromatic rings. The second kappa shape index (κ2) is 9.41. The van der Waals surface area contributed by atoms with Crippen molar-refractivity contribution in [3.8, 4) is 5.75 Å². The molecular weight excluding hydrogens is 454 g/mol. The highest BCUT2D eigenvalue weighted by Crippen LogP contribution is 2.51. The third-order valence-electron chi connectivity index (χ3n) is 6.56. The summed E-state index contributed by atoms with van der Waals surface area (Å²) in [5.74, 6) is 0.202. The predicted octanol–water partition coefficient (Wildman–Crippen LogP) is 3.59. The molecule has 2 aliphatic heterocycles. The Morgan fingerprint density at radius 1 is 1.29 bits per heavy atom. The first-order valence-electron chi connectivity index (χ1n) is 11.2. The normalized spacial score (nSPS) is 24.0. The number of benzene rings is 2. The molecule has 2 amide bonds. The van der Waals surface area contributed by atoms with Crippen molar-refractivity contribution in [2.45, 2.75) is 31.0 Å². The first-order chi connectivity index (χ1) is 16.2. The number of halogens is 1. The average Bonchev–Trinajstić information content (AvgIpc) is 3.35. The number of likely N-dealkylation sites (tertiary alicyclic amines) is 1. The van der Waals surface area contributed by atoms with Gasteiger partial charge in [-0.05, 0) is 43.7 Å². The smallest absolute Gasteiger partial charge is 0.254 e. The van der Waals surface area contributed by atoms with Crippen LogP contribution in [-0.4, -0.2) is 68.1 Å². The number of carbonyl (C=O) groups excluding carboxylic acids is 2. The van der Waals surface area contributed by atoms with Crippen molar-refractivity contribution in [3.63, 3.8) is 0 Å². The molecule has 180 valence electrons. The number of amides is 2. The number of fused-ring (bicyclic) bond motifs is 1. The summed E-state index contributed by atoms with van der Waals surface area (Å²) in [4.78, 5) is 31.0. The lowest BCUT2D eigenvalue weighted by atomic mass is 9.80. The number of methoxy groups -OCH3 is 1. The van der Waals surface area contributed by atoms with Gasteiger partial charge >= 0.3 is 0 Å². The summed E-state index contributed by atoms with van der Waals surface area (Å²) in [6, 6.07) is 10.5. The van der Waals surface area contributed by atoms with Gasteiger partial charge in [-0.3, -0.25) is 14.5 Å². The molecule has 1 fully saturated rings. The van der Waals surface area contributed by atoms with Gasteiger partial charge in [-0.2, -0.15) is 0 Å². The molecule has 0 radical (unpaired) electrons. The summed E-state index contributed by atoms with van der Waals surface area (Å²) < 4.78 is 11.7. The molecule has 1 saturated heterocycles. The van der Waals surface area contributed by atoms with Gasteiger partial charge in [0.1, 0.15) is 5.75 Å². The van der Waals surface area contributed by atoms with Gasteiger partial charge in [0.25, 0.3) is 5.91 Å². The van der Waals surface area contributed by atoms with Gasteiger partial charge in [-0.25, -0.2) is 0 Å². The topological polar surface area (TPSA) is 71.1 Å². The van der Waals surface area contributed by atoms with Crippen LogP contribution in [0, 0.1) is 6.92 Å². The van der Waals surface area contributed by atoms with Crippen LogP contribution in [0.15, 0.2) is 49.1 Å². The lowest BCUT2D eigenvalue weighted by molar-refractivity contribution is -0.138. The maximum atomic E-state index is 14.1. The SMILES string of the molecule is C=CCO[C@@H]1C[C@@H](C(=O)N(C)C)N(C2(c3cc(C)ccc3OC)C(=O)Nc3ccc(Cl)cc32)C1. The van der Waals surface area contributed by atoms with Gasteiger partial charge < -0.3 is 19.7 Å². The molecule has 0 aliphatic carbocycles. The lowest BCUT2D eigenvalue weighted by Gasteiger charge is -2.41. The van der Waals surface area contributed by atoms with E-state index in [-0.39, 0.29) is 17.9 Å². The number of rotatable bonds is 7. The van der Waals surface area contributed by atoms with Crippen molar-refractivity contribution < 1.29 is 19.1 Å². The van der Waals surface area contributed by atoms with Crippen molar-refractivity contribution in [2.75, 3.05) is 39.7 Å². The highest BCUT2D eigenvalue weighted by Gasteiger charge is 2.59. The van der Waals surface area contributed by atoms with Gasteiger partial charge in [-0.15, -0.1) is 6.58 Å². The van der Waals surface area contributed by atoms with E-state index in [9.17, 15) is 9.59 Å². The molecule has 34 heavy (non-hydrogen) atoms. The summed E-state index contributed by atoms with van der Waals surface area (Å²) in [6.07, 6.45) is 1.88. The van der Waals surface area contributed by atoms with Gasteiger partial charge in [0.2, 0.25) is 5.91 Å². The van der Waals surface area contributed by atoms with E-state index in [4.69, 9.17) is 21.1 Å². The summed E-state index contributed by atoms with van der Waals surface area (Å²) in [5.41, 5.74) is 1.64. The van der Waals surface area contributed by atoms with Crippen LogP contribution in [0.2, 0.25) is 5.02 Å². The predicted molar refractivity (Wildman–Crippen MR) is 132 cm³/mol. The number of carbonyl (C=O) groups is 2. The molecule has 8 heteroatoms. The number of nitrogens with zero attached hydrogens (tertiary/aromatic N) is 2. The van der Waals surface area contributed by atoms with Gasteiger partial charge in [-0.1, -0.05) is 29.3 Å². The zero-order valence-electron chi connectivity index (χ0n) is 19.9. The first kappa shape index (κ1) is 24.3. The molecule has 3 atom stereocenters. The second-order valence-electron chi connectivity index (χ2n) is 8.94. The number of hydrogen-bond acceptors (Lipinski definition) is 5. The lowest BCUT2D eigenvalue weighted by Crippen LogP contribution is -2.57. The Morgan fingerprint density at radius 3 is 2.74 bits per heavy atom. The van der Waals surface area contributed by atoms with E-state index in [0.29, 0.717) is 47.2 Å². The quantitative estimate of drug-likeness (QED) is 0.609. The summed E-state index contributed by atoms with van der Waals surface area (Å²) in [6.45, 7) is 6.43. The van der Waals surface area contributed by atoms with E-state index >= 15 is 0 Å². The molecule has 0 aromatic heterocycles. The van der Waals surface area contributed by atoms with Crippen LogP contribution >= 0.6 is 11.6 Å². The van der Waals surface area contributed by atoms with E-state index in [1.807, 2.05) is 30.0 Å². The van der Waals surface area contributed by atoms with E-state index in [1.54, 1.807) is 50.4 Å². The van der Waals surface area contributed by atoms with Crippen LogP contribution in [0.5, 0.6) is 5.75 Å². The Bertz CT molecular complexity index is 1140. The van der Waals surface area contributed by atoms with Crippen LogP contribution in [0.1, 0.15) is 23.1 Å². The number of nitrogens with one attached hydrogen (secondary N) is 1. The number of hydrogen-bond donors (Lipinski definition) is 1. The van der Waals surface area contributed by atoms with Gasteiger partial charge in [0.15, 0.2) is 5.54 Å².